The maximum Gasteiger partial charge on any atom is 0.248 e. The Morgan fingerprint density at radius 2 is 1.26 bits per heavy atom. The molecule has 8 aromatic rings. The Hall–Kier alpha value is -6.76. The van der Waals surface area contributed by atoms with E-state index in [1.54, 1.807) is 27.7 Å². The number of anilines is 2. The predicted octanol–water partition coefficient (Wildman–Crippen LogP) is 9.02. The smallest absolute Gasteiger partial charge is 0.248 e. The summed E-state index contributed by atoms with van der Waals surface area (Å²) in [4.78, 5) is 73.8. The van der Waals surface area contributed by atoms with Crippen LogP contribution in [0.4, 0.5) is 11.6 Å². The Balaban J connectivity index is 0.800. The number of imidazole rings is 2. The van der Waals surface area contributed by atoms with Gasteiger partial charge in [0.15, 0.2) is 16.1 Å². The summed E-state index contributed by atoms with van der Waals surface area (Å²) in [6.07, 6.45) is 4.39. The van der Waals surface area contributed by atoms with E-state index < -0.39 is 12.1 Å². The Morgan fingerprint density at radius 3 is 1.94 bits per heavy atom. The molecule has 0 unspecified atom stereocenters. The van der Waals surface area contributed by atoms with Gasteiger partial charge in [0.05, 0.1) is 49.7 Å². The summed E-state index contributed by atoms with van der Waals surface area (Å²) in [6, 6.07) is 27.2. The Kier molecular flexibility index (Phi) is 13.1. The van der Waals surface area contributed by atoms with Crippen LogP contribution in [-0.4, -0.2) is 104 Å². The van der Waals surface area contributed by atoms with Crippen molar-refractivity contribution >= 4 is 92.2 Å². The number of likely N-dealkylation sites (tertiary alicyclic amines) is 2. The molecule has 2 atom stereocenters. The summed E-state index contributed by atoms with van der Waals surface area (Å²) in [5.74, 6) is 0.726. The molecule has 0 radical (unpaired) electrons. The van der Waals surface area contributed by atoms with E-state index >= 15 is 0 Å². The van der Waals surface area contributed by atoms with Gasteiger partial charge in [-0.2, -0.15) is 5.10 Å². The molecule has 2 aliphatic heterocycles. The predicted molar refractivity (Wildman–Crippen MR) is 279 cm³/mol. The number of carbonyl (C=O) groups excluding carboxylic acids is 4. The Morgan fingerprint density at radius 1 is 0.657 bits per heavy atom. The molecule has 0 aliphatic carbocycles. The van der Waals surface area contributed by atoms with Crippen LogP contribution < -0.4 is 10.6 Å². The molecule has 10 rings (SSSR count). The fourth-order valence-corrected chi connectivity index (χ4v) is 12.3. The number of aryl methyl sites for hydroxylation is 6. The highest BCUT2D eigenvalue weighted by atomic mass is 32.2. The second kappa shape index (κ2) is 19.6. The normalized spacial score (nSPS) is 15.9. The molecule has 15 nitrogen and oxygen atoms in total. The standard InChI is InChI=1S/C52H53N11O4S3/c1-30-16-21-40-38(25-30)55-51(59(40)4)68-28-43(64)62-22-10-14-41(62)49(66)57-47-46(70-32(3)54-47)35-19-17-34(18-20-35)36-24-31(2)26-39-45(36)60(5)52(56-39)69-29-44(65)63-23-11-15-42(63)50(67)58-48-37(27-53-61(48)6)33-12-8-7-9-13-33/h7-9,12-13,16-21,24-27,41-42H,10-11,14-15,22-23,28-29H2,1-6H3,(H,57,66)(H,58,67)/t41-,42-/m0/s1. The highest BCUT2D eigenvalue weighted by Crippen LogP contribution is 2.38. The Bertz CT molecular complexity index is 3320. The second-order valence-corrected chi connectivity index (χ2v) is 21.1. The van der Waals surface area contributed by atoms with Crippen molar-refractivity contribution in [3.05, 3.63) is 107 Å². The number of benzene rings is 4. The first-order valence-corrected chi connectivity index (χ1v) is 26.1. The average Bonchev–Trinajstić information content (AvgIpc) is 4.23. The van der Waals surface area contributed by atoms with Gasteiger partial charge in [-0.15, -0.1) is 11.3 Å². The zero-order valence-corrected chi connectivity index (χ0v) is 42.3. The average molecular weight is 992 g/mol. The molecule has 0 saturated carbocycles. The van der Waals surface area contributed by atoms with E-state index in [9.17, 15) is 19.2 Å². The minimum absolute atomic E-state index is 0.0915. The molecule has 4 aromatic carbocycles. The van der Waals surface area contributed by atoms with Crippen LogP contribution in [0, 0.1) is 20.8 Å². The molecule has 2 aliphatic rings. The monoisotopic (exact) mass is 991 g/mol. The number of thioether (sulfide) groups is 2. The molecule has 2 N–H and O–H groups in total. The van der Waals surface area contributed by atoms with E-state index in [0.29, 0.717) is 42.7 Å². The molecule has 0 spiro atoms. The van der Waals surface area contributed by atoms with Gasteiger partial charge in [-0.3, -0.25) is 23.9 Å². The van der Waals surface area contributed by atoms with Gasteiger partial charge in [0, 0.05) is 45.4 Å². The topological polar surface area (TPSA) is 165 Å². The van der Waals surface area contributed by atoms with Gasteiger partial charge in [-0.05, 0) is 98.5 Å². The van der Waals surface area contributed by atoms with Crippen molar-refractivity contribution in [3.8, 4) is 32.7 Å². The van der Waals surface area contributed by atoms with Gasteiger partial charge in [-0.1, -0.05) is 84.2 Å². The van der Waals surface area contributed by atoms with Crippen LogP contribution in [0.15, 0.2) is 101 Å². The number of rotatable bonds is 13. The third kappa shape index (κ3) is 9.22. The van der Waals surface area contributed by atoms with Crippen LogP contribution in [0.2, 0.25) is 0 Å². The SMILES string of the molecule is Cc1ccc2c(c1)nc(SCC(=O)N1CCC[C@H]1C(=O)Nc1nc(C)sc1-c1ccc(-c3cc(C)cc4nc(SCC(=O)N5CCC[C@H]5C(=O)Nc5c(-c6ccccc6)cnn5C)n(C)c34)cc1)n2C. The molecule has 2 fully saturated rings. The minimum Gasteiger partial charge on any atom is -0.330 e. The molecule has 2 saturated heterocycles. The van der Waals surface area contributed by atoms with Gasteiger partial charge in [0.2, 0.25) is 23.6 Å². The van der Waals surface area contributed by atoms with Crippen LogP contribution in [0.1, 0.15) is 41.8 Å². The van der Waals surface area contributed by atoms with Crippen molar-refractivity contribution < 1.29 is 19.2 Å². The number of amides is 4. The van der Waals surface area contributed by atoms with Crippen LogP contribution in [-0.2, 0) is 40.3 Å². The van der Waals surface area contributed by atoms with E-state index in [2.05, 4.69) is 46.1 Å². The second-order valence-electron chi connectivity index (χ2n) is 18.0. The first-order valence-electron chi connectivity index (χ1n) is 23.3. The van der Waals surface area contributed by atoms with Gasteiger partial charge in [0.25, 0.3) is 0 Å². The van der Waals surface area contributed by atoms with E-state index in [1.807, 2.05) is 98.6 Å². The maximum atomic E-state index is 13.9. The van der Waals surface area contributed by atoms with Crippen molar-refractivity contribution in [2.24, 2.45) is 21.1 Å². The molecule has 0 bridgehead atoms. The number of hydrogen-bond donors (Lipinski definition) is 2. The minimum atomic E-state index is -0.590. The summed E-state index contributed by atoms with van der Waals surface area (Å²) >= 11 is 4.27. The molecular formula is C52H53N11O4S3. The summed E-state index contributed by atoms with van der Waals surface area (Å²) in [5, 5.41) is 12.8. The molecule has 18 heteroatoms. The molecular weight excluding hydrogens is 939 g/mol. The van der Waals surface area contributed by atoms with Gasteiger partial charge < -0.3 is 29.6 Å². The van der Waals surface area contributed by atoms with Crippen molar-refractivity contribution in [1.82, 2.24) is 43.7 Å². The van der Waals surface area contributed by atoms with Crippen molar-refractivity contribution in [3.63, 3.8) is 0 Å². The molecule has 6 heterocycles. The number of thiazole rings is 1. The van der Waals surface area contributed by atoms with E-state index in [-0.39, 0.29) is 35.1 Å². The van der Waals surface area contributed by atoms with Crippen LogP contribution in [0.25, 0.3) is 54.8 Å². The van der Waals surface area contributed by atoms with Crippen molar-refractivity contribution in [1.29, 1.82) is 0 Å². The zero-order chi connectivity index (χ0) is 48.8. The molecule has 70 heavy (non-hydrogen) atoms. The maximum absolute atomic E-state index is 13.9. The van der Waals surface area contributed by atoms with E-state index in [1.165, 1.54) is 34.9 Å². The zero-order valence-electron chi connectivity index (χ0n) is 39.9. The number of carbonyl (C=O) groups is 4. The highest BCUT2D eigenvalue weighted by Gasteiger charge is 2.36. The molecule has 358 valence electrons. The fourth-order valence-electron chi connectivity index (χ4n) is 9.65. The summed E-state index contributed by atoms with van der Waals surface area (Å²) < 4.78 is 5.69. The van der Waals surface area contributed by atoms with Crippen LogP contribution >= 0.6 is 34.9 Å². The fraction of sp³-hybridized carbons (Fsp3) is 0.308. The molecule has 4 aromatic heterocycles. The summed E-state index contributed by atoms with van der Waals surface area (Å²) in [7, 11) is 5.72. The number of aromatic nitrogens is 7. The van der Waals surface area contributed by atoms with Gasteiger partial charge >= 0.3 is 0 Å². The van der Waals surface area contributed by atoms with Crippen molar-refractivity contribution in [2.75, 3.05) is 35.2 Å². The van der Waals surface area contributed by atoms with Crippen LogP contribution in [0.5, 0.6) is 0 Å². The first kappa shape index (κ1) is 46.9. The van der Waals surface area contributed by atoms with Crippen molar-refractivity contribution in [2.45, 2.75) is 68.9 Å². The Labute approximate surface area is 418 Å². The van der Waals surface area contributed by atoms with E-state index in [4.69, 9.17) is 15.0 Å². The van der Waals surface area contributed by atoms with Gasteiger partial charge in [0.1, 0.15) is 17.9 Å². The lowest BCUT2D eigenvalue weighted by Gasteiger charge is -2.24. The van der Waals surface area contributed by atoms with E-state index in [0.717, 1.165) is 88.9 Å². The van der Waals surface area contributed by atoms with Crippen LogP contribution in [0.3, 0.4) is 0 Å². The largest absolute Gasteiger partial charge is 0.330 e. The number of hydrogen-bond acceptors (Lipinski definition) is 11. The molecule has 4 amide bonds. The lowest BCUT2D eigenvalue weighted by molar-refractivity contribution is -0.134. The number of nitrogens with one attached hydrogen (secondary N) is 2. The highest BCUT2D eigenvalue weighted by molar-refractivity contribution is 8.00. The first-order chi connectivity index (χ1) is 33.8. The van der Waals surface area contributed by atoms with Gasteiger partial charge in [-0.25, -0.2) is 15.0 Å². The third-order valence-electron chi connectivity index (χ3n) is 13.2. The lowest BCUT2D eigenvalue weighted by Crippen LogP contribution is -2.44. The summed E-state index contributed by atoms with van der Waals surface area (Å²) in [6.45, 7) is 7.03. The number of fused-ring (bicyclic) bond motifs is 2. The third-order valence-corrected chi connectivity index (χ3v) is 16.2. The number of nitrogens with zero attached hydrogens (tertiary/aromatic N) is 9. The quantitative estimate of drug-likeness (QED) is 0.107. The lowest BCUT2D eigenvalue weighted by atomic mass is 10.00. The summed E-state index contributed by atoms with van der Waals surface area (Å²) in [5.41, 5.74) is 10.5.